The molecule has 4 aliphatic carbocycles. The predicted octanol–water partition coefficient (Wildman–Crippen LogP) is 3.08. The number of ether oxygens (including phenoxy) is 6. The molecule has 5 fully saturated rings. The molecule has 0 bridgehead atoms. The summed E-state index contributed by atoms with van der Waals surface area (Å²) in [5.41, 5.74) is 0.0526. The molecule has 0 aromatic carbocycles. The number of methoxy groups -OCH3 is 1. The third kappa shape index (κ3) is 5.93. The minimum absolute atomic E-state index is 0.0526. The zero-order valence-electron chi connectivity index (χ0n) is 25.3. The summed E-state index contributed by atoms with van der Waals surface area (Å²) >= 11 is 0. The third-order valence-corrected chi connectivity index (χ3v) is 11.0. The lowest BCUT2D eigenvalue weighted by Crippen LogP contribution is -2.64. The molecular formula is C31H46O11. The van der Waals surface area contributed by atoms with Crippen LogP contribution in [-0.4, -0.2) is 79.0 Å². The Morgan fingerprint density at radius 3 is 2.07 bits per heavy atom. The molecule has 5 unspecified atom stereocenters. The molecule has 42 heavy (non-hydrogen) atoms. The van der Waals surface area contributed by atoms with Gasteiger partial charge in [-0.15, -0.1) is 0 Å². The Labute approximate surface area is 247 Å². The van der Waals surface area contributed by atoms with E-state index < -0.39 is 54.6 Å². The van der Waals surface area contributed by atoms with Crippen molar-refractivity contribution in [2.24, 2.45) is 35.0 Å². The fourth-order valence-electron chi connectivity index (χ4n) is 9.29. The van der Waals surface area contributed by atoms with Gasteiger partial charge in [0.1, 0.15) is 0 Å². The fourth-order valence-corrected chi connectivity index (χ4v) is 9.29. The van der Waals surface area contributed by atoms with Gasteiger partial charge in [-0.3, -0.25) is 14.4 Å². The van der Waals surface area contributed by atoms with Crippen molar-refractivity contribution in [1.82, 2.24) is 0 Å². The first-order valence-corrected chi connectivity index (χ1v) is 15.5. The summed E-state index contributed by atoms with van der Waals surface area (Å²) in [4.78, 5) is 48.9. The fraction of sp³-hybridized carbons (Fsp3) is 0.871. The zero-order valence-corrected chi connectivity index (χ0v) is 25.3. The summed E-state index contributed by atoms with van der Waals surface area (Å²) in [6, 6.07) is 0. The van der Waals surface area contributed by atoms with Crippen LogP contribution >= 0.6 is 0 Å². The molecular weight excluding hydrogens is 548 g/mol. The number of rotatable bonds is 6. The molecule has 0 spiro atoms. The third-order valence-electron chi connectivity index (χ3n) is 11.0. The van der Waals surface area contributed by atoms with Gasteiger partial charge in [0, 0.05) is 20.8 Å². The van der Waals surface area contributed by atoms with Gasteiger partial charge in [-0.25, -0.2) is 4.79 Å². The summed E-state index contributed by atoms with van der Waals surface area (Å²) in [6.45, 7) is 5.82. The van der Waals surface area contributed by atoms with E-state index >= 15 is 0 Å². The van der Waals surface area contributed by atoms with E-state index in [0.717, 1.165) is 64.7 Å². The van der Waals surface area contributed by atoms with Crippen LogP contribution in [0.25, 0.3) is 0 Å². The van der Waals surface area contributed by atoms with Crippen molar-refractivity contribution >= 4 is 23.9 Å². The van der Waals surface area contributed by atoms with E-state index in [1.54, 1.807) is 0 Å². The van der Waals surface area contributed by atoms with Gasteiger partial charge in [-0.1, -0.05) is 6.92 Å². The van der Waals surface area contributed by atoms with Gasteiger partial charge in [-0.05, 0) is 92.8 Å². The van der Waals surface area contributed by atoms with Crippen LogP contribution in [0.4, 0.5) is 0 Å². The van der Waals surface area contributed by atoms with Crippen LogP contribution in [0.5, 0.6) is 0 Å². The molecule has 5 rings (SSSR count). The van der Waals surface area contributed by atoms with E-state index in [2.05, 4.69) is 6.92 Å². The smallest absolute Gasteiger partial charge is 0.339 e. The van der Waals surface area contributed by atoms with Crippen LogP contribution in [0.2, 0.25) is 0 Å². The molecule has 11 heteroatoms. The first-order chi connectivity index (χ1) is 19.9. The lowest BCUT2D eigenvalue weighted by molar-refractivity contribution is -0.313. The largest absolute Gasteiger partial charge is 0.467 e. The maximum Gasteiger partial charge on any atom is 0.339 e. The van der Waals surface area contributed by atoms with Crippen LogP contribution in [0.1, 0.15) is 85.5 Å². The van der Waals surface area contributed by atoms with Crippen molar-refractivity contribution in [3.8, 4) is 0 Å². The highest BCUT2D eigenvalue weighted by Gasteiger charge is 2.58. The van der Waals surface area contributed by atoms with E-state index in [1.165, 1.54) is 21.0 Å². The van der Waals surface area contributed by atoms with Gasteiger partial charge in [0.25, 0.3) is 0 Å². The molecule has 13 atom stereocenters. The highest BCUT2D eigenvalue weighted by molar-refractivity contribution is 5.77. The summed E-state index contributed by atoms with van der Waals surface area (Å²) in [5, 5.41) is 10.7. The average Bonchev–Trinajstić information content (AvgIpc) is 3.24. The Kier molecular flexibility index (Phi) is 9.21. The maximum atomic E-state index is 12.7. The Hall–Kier alpha value is -2.24. The Morgan fingerprint density at radius 1 is 0.762 bits per heavy atom. The number of carbonyl (C=O) groups is 4. The number of hydrogen-bond donors (Lipinski definition) is 1. The van der Waals surface area contributed by atoms with Crippen molar-refractivity contribution in [1.29, 1.82) is 0 Å². The summed E-state index contributed by atoms with van der Waals surface area (Å²) < 4.78 is 33.7. The van der Waals surface area contributed by atoms with E-state index in [-0.39, 0.29) is 17.6 Å². The van der Waals surface area contributed by atoms with Crippen LogP contribution in [0, 0.1) is 35.0 Å². The molecule has 5 aliphatic rings. The molecule has 1 aliphatic heterocycles. The van der Waals surface area contributed by atoms with Crippen LogP contribution < -0.4 is 0 Å². The second-order valence-corrected chi connectivity index (χ2v) is 13.3. The quantitative estimate of drug-likeness (QED) is 0.275. The number of esters is 4. The van der Waals surface area contributed by atoms with Crippen molar-refractivity contribution < 1.29 is 52.7 Å². The average molecular weight is 595 g/mol. The molecule has 236 valence electrons. The van der Waals surface area contributed by atoms with Gasteiger partial charge in [-0.2, -0.15) is 0 Å². The van der Waals surface area contributed by atoms with Crippen molar-refractivity contribution in [3.63, 3.8) is 0 Å². The minimum atomic E-state index is -1.45. The van der Waals surface area contributed by atoms with E-state index in [4.69, 9.17) is 28.4 Å². The Balaban J connectivity index is 1.32. The van der Waals surface area contributed by atoms with Gasteiger partial charge < -0.3 is 33.5 Å². The molecule has 11 nitrogen and oxygen atoms in total. The van der Waals surface area contributed by atoms with Crippen LogP contribution in [-0.2, 0) is 47.6 Å². The monoisotopic (exact) mass is 594 g/mol. The number of fused-ring (bicyclic) bond motifs is 5. The Bertz CT molecular complexity index is 1050. The van der Waals surface area contributed by atoms with E-state index in [0.29, 0.717) is 29.6 Å². The molecule has 0 aromatic rings. The van der Waals surface area contributed by atoms with E-state index in [9.17, 15) is 24.3 Å². The first kappa shape index (κ1) is 31.2. The number of aliphatic hydroxyl groups excluding tert-OH is 1. The molecule has 1 N–H and O–H groups in total. The van der Waals surface area contributed by atoms with Crippen molar-refractivity contribution in [2.45, 2.75) is 128 Å². The van der Waals surface area contributed by atoms with Crippen molar-refractivity contribution in [3.05, 3.63) is 0 Å². The summed E-state index contributed by atoms with van der Waals surface area (Å²) in [6.07, 6.45) is 1.98. The van der Waals surface area contributed by atoms with E-state index in [1.807, 2.05) is 0 Å². The molecule has 0 amide bonds. The highest BCUT2D eigenvalue weighted by Crippen LogP contribution is 2.62. The molecule has 1 heterocycles. The maximum absolute atomic E-state index is 12.7. The molecule has 0 aromatic heterocycles. The van der Waals surface area contributed by atoms with Gasteiger partial charge in [0.05, 0.1) is 19.3 Å². The SMILES string of the molecule is COC(=O)C1OC(O[C@H]2CC[C@H]3[C@@H](CC[C@@H]4[C@@H]3CC[C@]3(C)[C@H](O)CC[C@@H]43)C2)C(OC(C)=O)C(OC(C)=O)C1OC(C)=O. The second-order valence-electron chi connectivity index (χ2n) is 13.3. The predicted molar refractivity (Wildman–Crippen MR) is 145 cm³/mol. The number of hydrogen-bond acceptors (Lipinski definition) is 11. The lowest BCUT2D eigenvalue weighted by atomic mass is 9.50. The Morgan fingerprint density at radius 2 is 1.40 bits per heavy atom. The highest BCUT2D eigenvalue weighted by atomic mass is 16.7. The summed E-state index contributed by atoms with van der Waals surface area (Å²) in [7, 11) is 1.17. The van der Waals surface area contributed by atoms with Gasteiger partial charge in [0.15, 0.2) is 30.7 Å². The van der Waals surface area contributed by atoms with Gasteiger partial charge in [0.2, 0.25) is 0 Å². The number of aliphatic hydroxyl groups is 1. The first-order valence-electron chi connectivity index (χ1n) is 15.5. The molecule has 1 saturated heterocycles. The molecule has 4 saturated carbocycles. The standard InChI is InChI=1S/C31H46O11/c1-15(32)38-25-26(39-16(2)33)28(40-17(3)34)30(42-27(25)29(36)37-5)41-19-7-9-20-18(14-19)6-8-22-21(20)12-13-31(4)23(22)10-11-24(31)35/h18-28,30,35H,6-14H2,1-5H3/t18-,19-,20-,21+,22+,23-,24+,25?,26?,27?,28?,30?,31-/m0/s1. The number of carbonyl (C=O) groups excluding carboxylic acids is 4. The van der Waals surface area contributed by atoms with Crippen molar-refractivity contribution in [2.75, 3.05) is 7.11 Å². The lowest BCUT2D eigenvalue weighted by Gasteiger charge is -2.56. The van der Waals surface area contributed by atoms with Gasteiger partial charge >= 0.3 is 23.9 Å². The van der Waals surface area contributed by atoms with Crippen LogP contribution in [0.15, 0.2) is 0 Å². The topological polar surface area (TPSA) is 144 Å². The minimum Gasteiger partial charge on any atom is -0.467 e. The summed E-state index contributed by atoms with van der Waals surface area (Å²) in [5.74, 6) is 0.0482. The molecule has 0 radical (unpaired) electrons. The normalized spacial score (nSPS) is 44.5. The second kappa shape index (κ2) is 12.4. The zero-order chi connectivity index (χ0) is 30.3. The van der Waals surface area contributed by atoms with Crippen LogP contribution in [0.3, 0.4) is 0 Å².